The van der Waals surface area contributed by atoms with Crippen molar-refractivity contribution in [3.63, 3.8) is 0 Å². The number of halogens is 4. The normalized spacial score (nSPS) is 13.8. The fourth-order valence-electron chi connectivity index (χ4n) is 7.65. The van der Waals surface area contributed by atoms with E-state index in [0.717, 1.165) is 5.39 Å². The van der Waals surface area contributed by atoms with Crippen LogP contribution in [0.1, 0.15) is 25.7 Å². The summed E-state index contributed by atoms with van der Waals surface area (Å²) in [6, 6.07) is 24.1. The topological polar surface area (TPSA) is 175 Å². The molecular weight excluding hydrogens is 948 g/mol. The highest BCUT2D eigenvalue weighted by Gasteiger charge is 2.56. The van der Waals surface area contributed by atoms with Gasteiger partial charge in [0.2, 0.25) is 17.7 Å². The number of carbonyl (C=O) groups excluding carboxylic acids is 3. The van der Waals surface area contributed by atoms with E-state index in [1.165, 1.54) is 48.8 Å². The summed E-state index contributed by atoms with van der Waals surface area (Å²) in [6.07, 6.45) is 6.46. The zero-order chi connectivity index (χ0) is 49.5. The lowest BCUT2D eigenvalue weighted by molar-refractivity contribution is -0.131. The fourth-order valence-corrected chi connectivity index (χ4v) is 7.97. The van der Waals surface area contributed by atoms with Crippen molar-refractivity contribution in [1.29, 1.82) is 0 Å². The molecule has 19 heteroatoms. The van der Waals surface area contributed by atoms with Crippen molar-refractivity contribution < 1.29 is 46.8 Å². The number of nitrogens with zero attached hydrogens (tertiary/aromatic N) is 4. The molecule has 0 bridgehead atoms. The molecule has 7 aromatic rings. The highest BCUT2D eigenvalue weighted by Crippen LogP contribution is 2.48. The third kappa shape index (κ3) is 10.7. The van der Waals surface area contributed by atoms with Gasteiger partial charge >= 0.3 is 0 Å². The van der Waals surface area contributed by atoms with Crippen LogP contribution in [0.25, 0.3) is 21.8 Å². The van der Waals surface area contributed by atoms with Gasteiger partial charge in [0.15, 0.2) is 28.8 Å². The Hall–Kier alpha value is -7.76. The van der Waals surface area contributed by atoms with Gasteiger partial charge in [-0.15, -0.1) is 0 Å². The van der Waals surface area contributed by atoms with Crippen molar-refractivity contribution in [2.75, 3.05) is 50.4 Å². The third-order valence-electron chi connectivity index (χ3n) is 11.7. The van der Waals surface area contributed by atoms with Gasteiger partial charge < -0.3 is 44.5 Å². The minimum absolute atomic E-state index is 0.0841. The first-order chi connectivity index (χ1) is 33.8. The van der Waals surface area contributed by atoms with Crippen LogP contribution >= 0.6 is 23.2 Å². The van der Waals surface area contributed by atoms with Crippen molar-refractivity contribution in [2.24, 2.45) is 5.41 Å². The Labute approximate surface area is 410 Å². The van der Waals surface area contributed by atoms with Crippen molar-refractivity contribution >= 4 is 85.6 Å². The number of amides is 3. The molecule has 3 N–H and O–H groups in total. The number of piperidine rings is 1. The van der Waals surface area contributed by atoms with Gasteiger partial charge in [-0.1, -0.05) is 29.8 Å². The van der Waals surface area contributed by atoms with E-state index in [1.807, 2.05) is 0 Å². The number of aromatic nitrogens is 3. The number of benzene rings is 5. The molecule has 9 rings (SSSR count). The highest BCUT2D eigenvalue weighted by atomic mass is 35.5. The molecule has 3 heterocycles. The number of hydrogen-bond donors (Lipinski definition) is 3. The van der Waals surface area contributed by atoms with E-state index in [4.69, 9.17) is 46.9 Å². The van der Waals surface area contributed by atoms with E-state index in [2.05, 4.69) is 37.5 Å². The summed E-state index contributed by atoms with van der Waals surface area (Å²) < 4.78 is 56.2. The van der Waals surface area contributed by atoms with Crippen LogP contribution in [0.5, 0.6) is 34.5 Å². The van der Waals surface area contributed by atoms with E-state index < -0.39 is 23.0 Å². The van der Waals surface area contributed by atoms with Crippen molar-refractivity contribution in [1.82, 2.24) is 19.9 Å². The number of ether oxygens (including phenoxy) is 5. The summed E-state index contributed by atoms with van der Waals surface area (Å²) in [5.41, 5.74) is 1.23. The first-order valence-corrected chi connectivity index (χ1v) is 22.6. The predicted molar refractivity (Wildman–Crippen MR) is 263 cm³/mol. The van der Waals surface area contributed by atoms with Crippen LogP contribution < -0.4 is 39.6 Å². The van der Waals surface area contributed by atoms with Crippen LogP contribution in [0.15, 0.2) is 116 Å². The second-order valence-electron chi connectivity index (χ2n) is 16.1. The Morgan fingerprint density at radius 1 is 0.729 bits per heavy atom. The fraction of sp³-hybridized carbons (Fsp3) is 0.216. The van der Waals surface area contributed by atoms with Gasteiger partial charge in [-0.25, -0.2) is 18.7 Å². The number of methoxy groups -OCH3 is 3. The molecule has 0 spiro atoms. The molecule has 1 saturated carbocycles. The first-order valence-electron chi connectivity index (χ1n) is 21.8. The molecule has 360 valence electrons. The van der Waals surface area contributed by atoms with Crippen LogP contribution in [0.2, 0.25) is 10.0 Å². The van der Waals surface area contributed by atoms with Crippen LogP contribution in [0.4, 0.5) is 31.7 Å². The number of anilines is 4. The average molecular weight is 993 g/mol. The maximum absolute atomic E-state index is 14.6. The Morgan fingerprint density at radius 3 is 1.93 bits per heavy atom. The minimum Gasteiger partial charge on any atom is -0.493 e. The van der Waals surface area contributed by atoms with Crippen LogP contribution in [0.3, 0.4) is 0 Å². The number of hydrogen-bond acceptors (Lipinski definition) is 12. The second-order valence-corrected chi connectivity index (χ2v) is 16.9. The monoisotopic (exact) mass is 991 g/mol. The van der Waals surface area contributed by atoms with E-state index in [1.54, 1.807) is 87.0 Å². The molecule has 1 saturated heterocycles. The maximum atomic E-state index is 14.6. The third-order valence-corrected chi connectivity index (χ3v) is 12.5. The van der Waals surface area contributed by atoms with E-state index >= 15 is 0 Å². The molecule has 5 aromatic carbocycles. The highest BCUT2D eigenvalue weighted by molar-refractivity contribution is 6.42. The maximum Gasteiger partial charge on any atom is 0.245 e. The van der Waals surface area contributed by atoms with Gasteiger partial charge in [-0.2, -0.15) is 0 Å². The molecule has 0 radical (unpaired) electrons. The summed E-state index contributed by atoms with van der Waals surface area (Å²) in [5.74, 6) is 1.69. The van der Waals surface area contributed by atoms with Crippen LogP contribution in [-0.2, 0) is 14.4 Å². The van der Waals surface area contributed by atoms with Crippen molar-refractivity contribution in [2.45, 2.75) is 31.8 Å². The Kier molecular flexibility index (Phi) is 14.8. The van der Waals surface area contributed by atoms with Crippen LogP contribution in [0, 0.1) is 17.0 Å². The standard InChI is InChI=1S/C28H24FN3O5.C23H21Cl2FN4O3/c1-35-24-15-21-22(16-25(24)36-2)30-14-11-23(21)37-20-9-7-19(8-10-20)32-27(34)28(12-13-28)26(33)31-18-5-3-17(29)4-6-18;1-3-20(31)30-8-6-13(7-9-30)33-19-10-14-17(11-18(19)32-2)27-12-28-23(14)29-16-5-4-15(24)21(25)22(16)26/h3-11,14-16H,12-13H2,1-2H3,(H,31,33)(H,32,34);3-5,10-13H,1,6-9H2,2H3,(H,27,28,29). The van der Waals surface area contributed by atoms with Gasteiger partial charge in [0.1, 0.15) is 41.0 Å². The number of likely N-dealkylation sites (tertiary alicyclic amines) is 1. The van der Waals surface area contributed by atoms with E-state index in [0.29, 0.717) is 107 Å². The molecule has 3 amide bonds. The van der Waals surface area contributed by atoms with E-state index in [-0.39, 0.29) is 33.7 Å². The van der Waals surface area contributed by atoms with Crippen molar-refractivity contribution in [3.8, 4) is 34.5 Å². The molecular formula is C51H45Cl2F2N7O8. The second kappa shape index (κ2) is 21.3. The molecule has 2 aliphatic rings. The lowest BCUT2D eigenvalue weighted by Gasteiger charge is -2.31. The Bertz CT molecular complexity index is 3100. The SMILES string of the molecule is C=CC(=O)N1CCC(Oc2cc3c(Nc4ccc(Cl)c(Cl)c4F)ncnc3cc2OC)CC1.COc1cc2nccc(Oc3ccc(NC(=O)C4(C(=O)Nc5ccc(F)cc5)CC4)cc3)c2cc1OC. The number of nitrogens with one attached hydrogen (secondary N) is 3. The molecule has 70 heavy (non-hydrogen) atoms. The predicted octanol–water partition coefficient (Wildman–Crippen LogP) is 10.9. The molecule has 2 fully saturated rings. The summed E-state index contributed by atoms with van der Waals surface area (Å²) in [7, 11) is 4.67. The van der Waals surface area contributed by atoms with Crippen molar-refractivity contribution in [3.05, 3.63) is 138 Å². The van der Waals surface area contributed by atoms with Gasteiger partial charge in [0, 0.05) is 66.4 Å². The minimum atomic E-state index is -1.14. The quantitative estimate of drug-likeness (QED) is 0.0535. The largest absolute Gasteiger partial charge is 0.493 e. The summed E-state index contributed by atoms with van der Waals surface area (Å²) in [4.78, 5) is 52.2. The Balaban J connectivity index is 0.000000190. The Morgan fingerprint density at radius 2 is 1.31 bits per heavy atom. The number of fused-ring (bicyclic) bond motifs is 2. The van der Waals surface area contributed by atoms with Gasteiger partial charge in [-0.05, 0) is 97.8 Å². The number of carbonyl (C=O) groups is 3. The number of pyridine rings is 1. The molecule has 0 atom stereocenters. The van der Waals surface area contributed by atoms with Gasteiger partial charge in [-0.3, -0.25) is 19.4 Å². The zero-order valence-corrected chi connectivity index (χ0v) is 39.5. The van der Waals surface area contributed by atoms with Gasteiger partial charge in [0.05, 0.1) is 48.1 Å². The lowest BCUT2D eigenvalue weighted by atomic mass is 10.0. The first kappa shape index (κ1) is 48.7. The number of rotatable bonds is 14. The molecule has 0 unspecified atom stereocenters. The summed E-state index contributed by atoms with van der Waals surface area (Å²) in [6.45, 7) is 4.70. The molecule has 1 aliphatic heterocycles. The molecule has 15 nitrogen and oxygen atoms in total. The average Bonchev–Trinajstić information content (AvgIpc) is 4.20. The molecule has 2 aromatic heterocycles. The summed E-state index contributed by atoms with van der Waals surface area (Å²) in [5, 5.41) is 9.77. The smallest absolute Gasteiger partial charge is 0.245 e. The van der Waals surface area contributed by atoms with E-state index in [9.17, 15) is 23.2 Å². The molecule has 1 aliphatic carbocycles. The lowest BCUT2D eigenvalue weighted by Crippen LogP contribution is -2.41. The van der Waals surface area contributed by atoms with Crippen LogP contribution in [-0.4, -0.2) is 78.1 Å². The summed E-state index contributed by atoms with van der Waals surface area (Å²) >= 11 is 11.8. The zero-order valence-electron chi connectivity index (χ0n) is 38.0. The van der Waals surface area contributed by atoms with Gasteiger partial charge in [0.25, 0.3) is 0 Å².